The van der Waals surface area contributed by atoms with Crippen molar-refractivity contribution in [2.75, 3.05) is 0 Å². The maximum atomic E-state index is 13.6. The Balaban J connectivity index is 2.10. The molecule has 3 aromatic carbocycles. The molecule has 0 heterocycles. The number of halogens is 3. The molecule has 23 heavy (non-hydrogen) atoms. The summed E-state index contributed by atoms with van der Waals surface area (Å²) in [6.45, 7) is 0. The summed E-state index contributed by atoms with van der Waals surface area (Å²) in [5.74, 6) is 0. The van der Waals surface area contributed by atoms with Crippen LogP contribution >= 0.6 is 0 Å². The molecule has 3 rings (SSSR count). The van der Waals surface area contributed by atoms with Gasteiger partial charge in [0.2, 0.25) is 0 Å². The summed E-state index contributed by atoms with van der Waals surface area (Å²) in [5.41, 5.74) is -2.63. The number of hydrogen-bond donors (Lipinski definition) is 1. The van der Waals surface area contributed by atoms with Gasteiger partial charge in [0.05, 0.1) is 0 Å². The third-order valence-electron chi connectivity index (χ3n) is 4.00. The molecule has 1 atom stereocenters. The van der Waals surface area contributed by atoms with Crippen molar-refractivity contribution < 1.29 is 18.3 Å². The Morgan fingerprint density at radius 3 is 2.00 bits per heavy atom. The van der Waals surface area contributed by atoms with E-state index in [1.165, 1.54) is 12.1 Å². The lowest BCUT2D eigenvalue weighted by Crippen LogP contribution is -2.44. The highest BCUT2D eigenvalue weighted by Gasteiger charge is 2.54. The first-order valence-electron chi connectivity index (χ1n) is 7.22. The minimum Gasteiger partial charge on any atom is -0.376 e. The average molecular weight is 316 g/mol. The van der Waals surface area contributed by atoms with E-state index >= 15 is 0 Å². The van der Waals surface area contributed by atoms with E-state index in [4.69, 9.17) is 0 Å². The van der Waals surface area contributed by atoms with Gasteiger partial charge in [0.25, 0.3) is 0 Å². The molecule has 4 heteroatoms. The number of aliphatic hydroxyl groups is 1. The molecule has 1 unspecified atom stereocenters. The van der Waals surface area contributed by atoms with Gasteiger partial charge in [-0.25, -0.2) is 0 Å². The molecule has 0 saturated heterocycles. The van der Waals surface area contributed by atoms with Gasteiger partial charge in [-0.3, -0.25) is 0 Å². The van der Waals surface area contributed by atoms with Crippen molar-refractivity contribution in [3.63, 3.8) is 0 Å². The lowest BCUT2D eigenvalue weighted by molar-refractivity contribution is -0.266. The van der Waals surface area contributed by atoms with Gasteiger partial charge in [-0.2, -0.15) is 13.2 Å². The Morgan fingerprint density at radius 1 is 0.739 bits per heavy atom. The smallest absolute Gasteiger partial charge is 0.376 e. The molecule has 0 aliphatic rings. The molecular formula is C19H15F3O. The Morgan fingerprint density at radius 2 is 1.35 bits per heavy atom. The Bertz CT molecular complexity index is 811. The Labute approximate surface area is 132 Å². The summed E-state index contributed by atoms with van der Waals surface area (Å²) in [7, 11) is 0. The van der Waals surface area contributed by atoms with Crippen molar-refractivity contribution in [2.45, 2.75) is 18.2 Å². The summed E-state index contributed by atoms with van der Waals surface area (Å²) < 4.78 is 40.9. The highest BCUT2D eigenvalue weighted by molar-refractivity contribution is 5.83. The molecule has 0 aliphatic heterocycles. The minimum atomic E-state index is -4.77. The largest absolute Gasteiger partial charge is 0.421 e. The second-order valence-electron chi connectivity index (χ2n) is 5.58. The standard InChI is InChI=1S/C19H15F3O/c20-19(21,22)18(23,13-14-6-2-1-3-7-14)17-11-10-15-8-4-5-9-16(15)12-17/h1-12,23H,13H2. The molecule has 0 amide bonds. The van der Waals surface area contributed by atoms with Crippen LogP contribution in [0.15, 0.2) is 72.8 Å². The fourth-order valence-electron chi connectivity index (χ4n) is 2.70. The van der Waals surface area contributed by atoms with E-state index in [0.717, 1.165) is 5.39 Å². The third kappa shape index (κ3) is 2.94. The number of rotatable bonds is 3. The predicted molar refractivity (Wildman–Crippen MR) is 84.0 cm³/mol. The first-order valence-corrected chi connectivity index (χ1v) is 7.22. The lowest BCUT2D eigenvalue weighted by atomic mass is 9.85. The van der Waals surface area contributed by atoms with Crippen molar-refractivity contribution in [3.05, 3.63) is 83.9 Å². The molecule has 3 aromatic rings. The van der Waals surface area contributed by atoms with Crippen LogP contribution in [0.1, 0.15) is 11.1 Å². The second kappa shape index (κ2) is 5.70. The minimum absolute atomic E-state index is 0.146. The molecule has 0 bridgehead atoms. The number of hydrogen-bond acceptors (Lipinski definition) is 1. The third-order valence-corrected chi connectivity index (χ3v) is 4.00. The fourth-order valence-corrected chi connectivity index (χ4v) is 2.70. The van der Waals surface area contributed by atoms with E-state index in [2.05, 4.69) is 0 Å². The van der Waals surface area contributed by atoms with E-state index in [9.17, 15) is 18.3 Å². The van der Waals surface area contributed by atoms with Crippen LogP contribution in [0.4, 0.5) is 13.2 Å². The first kappa shape index (κ1) is 15.6. The van der Waals surface area contributed by atoms with Crippen molar-refractivity contribution in [3.8, 4) is 0 Å². The van der Waals surface area contributed by atoms with Crippen molar-refractivity contribution in [1.82, 2.24) is 0 Å². The van der Waals surface area contributed by atoms with Gasteiger partial charge < -0.3 is 5.11 Å². The van der Waals surface area contributed by atoms with Gasteiger partial charge >= 0.3 is 6.18 Å². The van der Waals surface area contributed by atoms with Crippen LogP contribution in [0.2, 0.25) is 0 Å². The molecule has 0 fully saturated rings. The van der Waals surface area contributed by atoms with Gasteiger partial charge in [-0.15, -0.1) is 0 Å². The van der Waals surface area contributed by atoms with E-state index in [0.29, 0.717) is 10.9 Å². The van der Waals surface area contributed by atoms with Crippen LogP contribution < -0.4 is 0 Å². The van der Waals surface area contributed by atoms with Gasteiger partial charge in [-0.1, -0.05) is 66.7 Å². The zero-order chi connectivity index (χ0) is 16.5. The second-order valence-corrected chi connectivity index (χ2v) is 5.58. The number of alkyl halides is 3. The van der Waals surface area contributed by atoms with Gasteiger partial charge in [0.1, 0.15) is 0 Å². The van der Waals surface area contributed by atoms with E-state index < -0.39 is 18.2 Å². The van der Waals surface area contributed by atoms with Gasteiger partial charge in [0, 0.05) is 6.42 Å². The number of benzene rings is 3. The first-order chi connectivity index (χ1) is 10.9. The number of fused-ring (bicyclic) bond motifs is 1. The molecule has 0 saturated carbocycles. The molecule has 0 spiro atoms. The SMILES string of the molecule is OC(Cc1ccccc1)(c1ccc2ccccc2c1)C(F)(F)F. The van der Waals surface area contributed by atoms with Crippen molar-refractivity contribution in [2.24, 2.45) is 0 Å². The summed E-state index contributed by atoms with van der Waals surface area (Å²) in [6, 6.07) is 19.7. The van der Waals surface area contributed by atoms with Crippen LogP contribution in [0.3, 0.4) is 0 Å². The lowest BCUT2D eigenvalue weighted by Gasteiger charge is -2.31. The summed E-state index contributed by atoms with van der Waals surface area (Å²) >= 11 is 0. The van der Waals surface area contributed by atoms with Crippen LogP contribution in [-0.4, -0.2) is 11.3 Å². The van der Waals surface area contributed by atoms with Crippen LogP contribution in [0.25, 0.3) is 10.8 Å². The van der Waals surface area contributed by atoms with Crippen molar-refractivity contribution >= 4 is 10.8 Å². The maximum absolute atomic E-state index is 13.6. The Kier molecular flexibility index (Phi) is 3.86. The van der Waals surface area contributed by atoms with Crippen LogP contribution in [0, 0.1) is 0 Å². The Hall–Kier alpha value is -2.33. The highest BCUT2D eigenvalue weighted by Crippen LogP contribution is 2.42. The molecule has 0 radical (unpaired) electrons. The topological polar surface area (TPSA) is 20.2 Å². The van der Waals surface area contributed by atoms with Crippen molar-refractivity contribution in [1.29, 1.82) is 0 Å². The van der Waals surface area contributed by atoms with E-state index in [1.807, 2.05) is 12.1 Å². The van der Waals surface area contributed by atoms with Gasteiger partial charge in [-0.05, 0) is 28.0 Å². The average Bonchev–Trinajstić information content (AvgIpc) is 2.54. The molecule has 0 aliphatic carbocycles. The highest BCUT2D eigenvalue weighted by atomic mass is 19.4. The summed E-state index contributed by atoms with van der Waals surface area (Å²) in [4.78, 5) is 0. The quantitative estimate of drug-likeness (QED) is 0.733. The summed E-state index contributed by atoms with van der Waals surface area (Å²) in [5, 5.41) is 12.0. The molecular weight excluding hydrogens is 301 g/mol. The fraction of sp³-hybridized carbons (Fsp3) is 0.158. The van der Waals surface area contributed by atoms with Gasteiger partial charge in [0.15, 0.2) is 5.60 Å². The molecule has 0 aromatic heterocycles. The predicted octanol–water partition coefficient (Wildman–Crippen LogP) is 4.83. The molecule has 118 valence electrons. The summed E-state index contributed by atoms with van der Waals surface area (Å²) in [6.07, 6.45) is -5.29. The van der Waals surface area contributed by atoms with E-state index in [-0.39, 0.29) is 5.56 Å². The van der Waals surface area contributed by atoms with Crippen LogP contribution in [-0.2, 0) is 12.0 Å². The van der Waals surface area contributed by atoms with E-state index in [1.54, 1.807) is 48.5 Å². The normalized spacial score (nSPS) is 14.6. The monoisotopic (exact) mass is 316 g/mol. The van der Waals surface area contributed by atoms with Crippen LogP contribution in [0.5, 0.6) is 0 Å². The zero-order valence-corrected chi connectivity index (χ0v) is 12.2. The zero-order valence-electron chi connectivity index (χ0n) is 12.2. The maximum Gasteiger partial charge on any atom is 0.421 e. The molecule has 1 nitrogen and oxygen atoms in total. The molecule has 1 N–H and O–H groups in total.